The van der Waals surface area contributed by atoms with Crippen LogP contribution >= 0.6 is 0 Å². The molecule has 2 heterocycles. The minimum atomic E-state index is -0.573. The van der Waals surface area contributed by atoms with E-state index in [0.717, 1.165) is 18.6 Å². The first-order chi connectivity index (χ1) is 10.1. The second kappa shape index (κ2) is 5.72. The van der Waals surface area contributed by atoms with E-state index in [0.29, 0.717) is 32.0 Å². The van der Waals surface area contributed by atoms with Crippen LogP contribution in [0.2, 0.25) is 0 Å². The normalized spacial score (nSPS) is 30.0. The van der Waals surface area contributed by atoms with Crippen LogP contribution in [0, 0.1) is 11.8 Å². The van der Waals surface area contributed by atoms with E-state index < -0.39 is 5.60 Å². The Morgan fingerprint density at radius 3 is 2.95 bits per heavy atom. The Labute approximate surface area is 125 Å². The Kier molecular flexibility index (Phi) is 3.93. The van der Waals surface area contributed by atoms with E-state index in [1.165, 1.54) is 6.42 Å². The molecule has 0 spiro atoms. The van der Waals surface area contributed by atoms with Gasteiger partial charge in [-0.05, 0) is 37.3 Å². The molecule has 2 N–H and O–H groups in total. The number of urea groups is 1. The molecule has 1 aliphatic heterocycles. The molecule has 5 heteroatoms. The maximum Gasteiger partial charge on any atom is 0.317 e. The monoisotopic (exact) mass is 292 g/mol. The highest BCUT2D eigenvalue weighted by Gasteiger charge is 2.47. The summed E-state index contributed by atoms with van der Waals surface area (Å²) in [5.74, 6) is 1.31. The number of nitrogens with one attached hydrogen (secondary N) is 1. The number of hydrogen-bond donors (Lipinski definition) is 2. The van der Waals surface area contributed by atoms with E-state index in [1.807, 2.05) is 12.1 Å². The van der Waals surface area contributed by atoms with Gasteiger partial charge in [-0.1, -0.05) is 13.3 Å². The number of furan rings is 1. The summed E-state index contributed by atoms with van der Waals surface area (Å²) in [7, 11) is 0. The molecule has 5 nitrogen and oxygen atoms in total. The van der Waals surface area contributed by atoms with Crippen LogP contribution in [0.15, 0.2) is 22.8 Å². The van der Waals surface area contributed by atoms with Crippen LogP contribution in [0.3, 0.4) is 0 Å². The molecule has 2 aliphatic rings. The molecule has 1 aromatic heterocycles. The molecule has 116 valence electrons. The van der Waals surface area contributed by atoms with Gasteiger partial charge in [0.1, 0.15) is 5.76 Å². The number of piperidine rings is 1. The first-order valence-corrected chi connectivity index (χ1v) is 7.87. The van der Waals surface area contributed by atoms with Crippen LogP contribution in [-0.4, -0.2) is 34.7 Å². The fourth-order valence-electron chi connectivity index (χ4n) is 3.53. The summed E-state index contributed by atoms with van der Waals surface area (Å²) >= 11 is 0. The van der Waals surface area contributed by atoms with Gasteiger partial charge in [0.2, 0.25) is 0 Å². The van der Waals surface area contributed by atoms with Crippen molar-refractivity contribution in [3.8, 4) is 0 Å². The van der Waals surface area contributed by atoms with E-state index in [1.54, 1.807) is 11.2 Å². The average Bonchev–Trinajstić information content (AvgIpc) is 2.90. The fourth-order valence-corrected chi connectivity index (χ4v) is 3.53. The Bertz CT molecular complexity index is 484. The molecule has 1 saturated carbocycles. The highest BCUT2D eigenvalue weighted by molar-refractivity contribution is 5.74. The third-order valence-corrected chi connectivity index (χ3v) is 5.22. The first kappa shape index (κ1) is 14.4. The summed E-state index contributed by atoms with van der Waals surface area (Å²) in [6.45, 7) is 3.71. The zero-order valence-corrected chi connectivity index (χ0v) is 12.5. The van der Waals surface area contributed by atoms with Gasteiger partial charge in [-0.3, -0.25) is 0 Å². The minimum absolute atomic E-state index is 0.0751. The van der Waals surface area contributed by atoms with E-state index >= 15 is 0 Å². The third-order valence-electron chi connectivity index (χ3n) is 5.22. The highest BCUT2D eigenvalue weighted by Crippen LogP contribution is 2.44. The zero-order valence-electron chi connectivity index (χ0n) is 12.5. The van der Waals surface area contributed by atoms with Crippen molar-refractivity contribution in [2.75, 3.05) is 13.1 Å². The van der Waals surface area contributed by atoms with Crippen molar-refractivity contribution >= 4 is 6.03 Å². The zero-order chi connectivity index (χ0) is 14.9. The lowest BCUT2D eigenvalue weighted by atomic mass is 9.65. The van der Waals surface area contributed by atoms with Gasteiger partial charge in [-0.15, -0.1) is 0 Å². The second-order valence-corrected chi connectivity index (χ2v) is 6.45. The van der Waals surface area contributed by atoms with Crippen molar-refractivity contribution in [1.82, 2.24) is 10.2 Å². The highest BCUT2D eigenvalue weighted by atomic mass is 16.3. The lowest BCUT2D eigenvalue weighted by molar-refractivity contribution is -0.121. The predicted molar refractivity (Wildman–Crippen MR) is 78.6 cm³/mol. The van der Waals surface area contributed by atoms with Crippen LogP contribution in [-0.2, 0) is 6.54 Å². The number of likely N-dealkylation sites (tertiary alicyclic amines) is 1. The predicted octanol–water partition coefficient (Wildman–Crippen LogP) is 2.36. The second-order valence-electron chi connectivity index (χ2n) is 6.45. The Morgan fingerprint density at radius 2 is 2.38 bits per heavy atom. The first-order valence-electron chi connectivity index (χ1n) is 7.87. The molecule has 2 fully saturated rings. The fraction of sp³-hybridized carbons (Fsp3) is 0.688. The molecule has 2 unspecified atom stereocenters. The molecule has 0 bridgehead atoms. The smallest absolute Gasteiger partial charge is 0.317 e. The van der Waals surface area contributed by atoms with Gasteiger partial charge in [-0.2, -0.15) is 0 Å². The summed E-state index contributed by atoms with van der Waals surface area (Å²) < 4.78 is 5.21. The number of nitrogens with zero attached hydrogens (tertiary/aromatic N) is 1. The molecule has 2 atom stereocenters. The van der Waals surface area contributed by atoms with Gasteiger partial charge in [0, 0.05) is 19.0 Å². The van der Waals surface area contributed by atoms with Gasteiger partial charge in [0.25, 0.3) is 0 Å². The van der Waals surface area contributed by atoms with Gasteiger partial charge < -0.3 is 19.7 Å². The minimum Gasteiger partial charge on any atom is -0.467 e. The van der Waals surface area contributed by atoms with Crippen LogP contribution in [0.1, 0.15) is 38.4 Å². The van der Waals surface area contributed by atoms with Gasteiger partial charge in [0.15, 0.2) is 0 Å². The molecule has 1 saturated heterocycles. The molecule has 21 heavy (non-hydrogen) atoms. The number of amides is 2. The van der Waals surface area contributed by atoms with Crippen molar-refractivity contribution in [2.24, 2.45) is 11.8 Å². The molecule has 1 aliphatic carbocycles. The van der Waals surface area contributed by atoms with E-state index in [9.17, 15) is 9.90 Å². The molecular weight excluding hydrogens is 268 g/mol. The van der Waals surface area contributed by atoms with E-state index in [2.05, 4.69) is 12.2 Å². The van der Waals surface area contributed by atoms with Crippen LogP contribution in [0.25, 0.3) is 0 Å². The van der Waals surface area contributed by atoms with Gasteiger partial charge in [-0.25, -0.2) is 4.79 Å². The molecule has 2 amide bonds. The quantitative estimate of drug-likeness (QED) is 0.899. The number of carbonyl (C=O) groups excluding carboxylic acids is 1. The van der Waals surface area contributed by atoms with Crippen LogP contribution in [0.4, 0.5) is 4.79 Å². The molecule has 0 radical (unpaired) electrons. The summed E-state index contributed by atoms with van der Waals surface area (Å²) in [4.78, 5) is 14.0. The number of aliphatic hydroxyl groups is 1. The SMILES string of the molecule is CC1CN(C(=O)NCc2ccco2)CCC1(O)C1CCC1. The van der Waals surface area contributed by atoms with E-state index in [-0.39, 0.29) is 11.9 Å². The largest absolute Gasteiger partial charge is 0.467 e. The van der Waals surface area contributed by atoms with Crippen molar-refractivity contribution in [1.29, 1.82) is 0 Å². The molecular formula is C16H24N2O3. The number of hydrogen-bond acceptors (Lipinski definition) is 3. The van der Waals surface area contributed by atoms with Gasteiger partial charge in [0.05, 0.1) is 18.4 Å². The summed E-state index contributed by atoms with van der Waals surface area (Å²) in [5, 5.41) is 13.7. The van der Waals surface area contributed by atoms with Crippen molar-refractivity contribution < 1.29 is 14.3 Å². The summed E-state index contributed by atoms with van der Waals surface area (Å²) in [5.41, 5.74) is -0.573. The van der Waals surface area contributed by atoms with Gasteiger partial charge >= 0.3 is 6.03 Å². The average molecular weight is 292 g/mol. The molecule has 0 aromatic carbocycles. The summed E-state index contributed by atoms with van der Waals surface area (Å²) in [6.07, 6.45) is 5.78. The van der Waals surface area contributed by atoms with Crippen LogP contribution in [0.5, 0.6) is 0 Å². The number of rotatable bonds is 3. The molecule has 3 rings (SSSR count). The van der Waals surface area contributed by atoms with Crippen LogP contribution < -0.4 is 5.32 Å². The lowest BCUT2D eigenvalue weighted by Gasteiger charge is -2.50. The Hall–Kier alpha value is -1.49. The van der Waals surface area contributed by atoms with Crippen molar-refractivity contribution in [3.05, 3.63) is 24.2 Å². The van der Waals surface area contributed by atoms with E-state index in [4.69, 9.17) is 4.42 Å². The standard InChI is InChI=1S/C16H24N2O3/c1-12-11-18(8-7-16(12,20)13-4-2-5-13)15(19)17-10-14-6-3-9-21-14/h3,6,9,12-13,20H,2,4-5,7-8,10-11H2,1H3,(H,17,19). The maximum absolute atomic E-state index is 12.2. The van der Waals surface area contributed by atoms with Crippen molar-refractivity contribution in [3.63, 3.8) is 0 Å². The summed E-state index contributed by atoms with van der Waals surface area (Å²) in [6, 6.07) is 3.58. The Morgan fingerprint density at radius 1 is 1.57 bits per heavy atom. The number of carbonyl (C=O) groups is 1. The molecule has 1 aromatic rings. The topological polar surface area (TPSA) is 65.7 Å². The van der Waals surface area contributed by atoms with Crippen molar-refractivity contribution in [2.45, 2.75) is 44.8 Å². The maximum atomic E-state index is 12.2. The third kappa shape index (κ3) is 2.79. The Balaban J connectivity index is 1.52. The lowest BCUT2D eigenvalue weighted by Crippen LogP contribution is -2.58.